The van der Waals surface area contributed by atoms with Crippen LogP contribution in [0, 0.1) is 0 Å². The van der Waals surface area contributed by atoms with Crippen molar-refractivity contribution in [2.45, 2.75) is 25.4 Å². The average molecular weight is 442 g/mol. The first kappa shape index (κ1) is 21.5. The molecular formula is C23H28ClN5O2. The Labute approximate surface area is 187 Å². The molecule has 0 bridgehead atoms. The number of amides is 3. The summed E-state index contributed by atoms with van der Waals surface area (Å²) in [4.78, 5) is 28.4. The van der Waals surface area contributed by atoms with Crippen LogP contribution in [0.15, 0.2) is 48.5 Å². The Balaban J connectivity index is 1.24. The number of urea groups is 1. The summed E-state index contributed by atoms with van der Waals surface area (Å²) >= 11 is 6.42. The van der Waals surface area contributed by atoms with Crippen LogP contribution in [0.5, 0.6) is 0 Å². The third-order valence-corrected chi connectivity index (χ3v) is 6.06. The Morgan fingerprint density at radius 2 is 1.87 bits per heavy atom. The molecule has 3 N–H and O–H groups in total. The van der Waals surface area contributed by atoms with Gasteiger partial charge in [0.15, 0.2) is 0 Å². The molecule has 2 fully saturated rings. The van der Waals surface area contributed by atoms with Crippen LogP contribution in [-0.4, -0.2) is 55.6 Å². The summed E-state index contributed by atoms with van der Waals surface area (Å²) in [6.07, 6.45) is 1.86. The second kappa shape index (κ2) is 10.0. The van der Waals surface area contributed by atoms with Crippen LogP contribution in [0.3, 0.4) is 0 Å². The van der Waals surface area contributed by atoms with Gasteiger partial charge in [0.1, 0.15) is 0 Å². The minimum atomic E-state index is -0.220. The zero-order valence-corrected chi connectivity index (χ0v) is 18.2. The number of hydrogen-bond donors (Lipinski definition) is 3. The molecule has 164 valence electrons. The lowest BCUT2D eigenvalue weighted by atomic mass is 10.0. The van der Waals surface area contributed by atoms with E-state index in [1.54, 1.807) is 6.07 Å². The molecule has 0 saturated carbocycles. The van der Waals surface area contributed by atoms with Gasteiger partial charge in [-0.3, -0.25) is 9.69 Å². The van der Waals surface area contributed by atoms with E-state index in [0.29, 0.717) is 23.8 Å². The van der Waals surface area contributed by atoms with Gasteiger partial charge in [0, 0.05) is 44.5 Å². The lowest BCUT2D eigenvalue weighted by molar-refractivity contribution is -0.120. The molecule has 0 atom stereocenters. The van der Waals surface area contributed by atoms with Crippen molar-refractivity contribution in [3.8, 4) is 0 Å². The SMILES string of the molecule is O=C1CN(c2ccc(NC(=O)NC3CCN(Cc4ccccc4)CC3)cc2Cl)CCN1. The molecule has 4 rings (SSSR count). The Morgan fingerprint density at radius 3 is 2.58 bits per heavy atom. The molecule has 0 aliphatic carbocycles. The number of anilines is 2. The van der Waals surface area contributed by atoms with Gasteiger partial charge in [-0.1, -0.05) is 41.9 Å². The maximum atomic E-state index is 12.5. The number of piperidine rings is 1. The smallest absolute Gasteiger partial charge is 0.319 e. The molecule has 0 radical (unpaired) electrons. The van der Waals surface area contributed by atoms with Crippen molar-refractivity contribution in [2.75, 3.05) is 42.9 Å². The maximum Gasteiger partial charge on any atom is 0.319 e. The summed E-state index contributed by atoms with van der Waals surface area (Å²) in [6.45, 7) is 4.47. The zero-order valence-electron chi connectivity index (χ0n) is 17.4. The van der Waals surface area contributed by atoms with Gasteiger partial charge in [-0.2, -0.15) is 0 Å². The van der Waals surface area contributed by atoms with Gasteiger partial charge in [-0.25, -0.2) is 4.79 Å². The fraction of sp³-hybridized carbons (Fsp3) is 0.391. The standard InChI is InChI=1S/C23H28ClN5O2/c24-20-14-19(6-7-21(20)29-13-10-25-22(30)16-29)27-23(31)26-18-8-11-28(12-9-18)15-17-4-2-1-3-5-17/h1-7,14,18H,8-13,15-16H2,(H,25,30)(H2,26,27,31). The highest BCUT2D eigenvalue weighted by atomic mass is 35.5. The van der Waals surface area contributed by atoms with E-state index in [4.69, 9.17) is 11.6 Å². The highest BCUT2D eigenvalue weighted by Gasteiger charge is 2.22. The second-order valence-corrected chi connectivity index (χ2v) is 8.48. The van der Waals surface area contributed by atoms with Crippen molar-refractivity contribution >= 4 is 34.9 Å². The summed E-state index contributed by atoms with van der Waals surface area (Å²) in [6, 6.07) is 15.8. The number of nitrogens with one attached hydrogen (secondary N) is 3. The minimum absolute atomic E-state index is 0.0151. The van der Waals surface area contributed by atoms with Crippen LogP contribution in [-0.2, 0) is 11.3 Å². The molecule has 2 saturated heterocycles. The van der Waals surface area contributed by atoms with E-state index >= 15 is 0 Å². The summed E-state index contributed by atoms with van der Waals surface area (Å²) in [5.41, 5.74) is 2.75. The van der Waals surface area contributed by atoms with E-state index in [-0.39, 0.29) is 24.5 Å². The molecule has 7 nitrogen and oxygen atoms in total. The fourth-order valence-electron chi connectivity index (χ4n) is 4.11. The normalized spacial score (nSPS) is 17.8. The molecule has 0 unspecified atom stereocenters. The third-order valence-electron chi connectivity index (χ3n) is 5.76. The van der Waals surface area contributed by atoms with E-state index in [2.05, 4.69) is 45.1 Å². The average Bonchev–Trinajstić information content (AvgIpc) is 2.76. The van der Waals surface area contributed by atoms with Gasteiger partial charge in [0.2, 0.25) is 5.91 Å². The van der Waals surface area contributed by atoms with Gasteiger partial charge in [-0.05, 0) is 36.6 Å². The number of nitrogens with zero attached hydrogens (tertiary/aromatic N) is 2. The summed E-state index contributed by atoms with van der Waals surface area (Å²) in [5.74, 6) is -0.0151. The molecule has 2 aliphatic heterocycles. The largest absolute Gasteiger partial charge is 0.359 e. The van der Waals surface area contributed by atoms with Crippen LogP contribution in [0.25, 0.3) is 0 Å². The Hall–Kier alpha value is -2.77. The lowest BCUT2D eigenvalue weighted by Crippen LogP contribution is -2.47. The highest BCUT2D eigenvalue weighted by Crippen LogP contribution is 2.29. The molecule has 2 aromatic carbocycles. The first-order chi connectivity index (χ1) is 15.1. The van der Waals surface area contributed by atoms with Crippen molar-refractivity contribution in [3.05, 3.63) is 59.1 Å². The van der Waals surface area contributed by atoms with Crippen LogP contribution in [0.1, 0.15) is 18.4 Å². The van der Waals surface area contributed by atoms with Crippen molar-refractivity contribution in [1.29, 1.82) is 0 Å². The number of rotatable bonds is 5. The van der Waals surface area contributed by atoms with Crippen molar-refractivity contribution in [1.82, 2.24) is 15.5 Å². The predicted molar refractivity (Wildman–Crippen MR) is 124 cm³/mol. The van der Waals surface area contributed by atoms with E-state index < -0.39 is 0 Å². The molecule has 0 aromatic heterocycles. The van der Waals surface area contributed by atoms with Gasteiger partial charge in [-0.15, -0.1) is 0 Å². The van der Waals surface area contributed by atoms with Gasteiger partial charge in [0.05, 0.1) is 17.3 Å². The fourth-order valence-corrected chi connectivity index (χ4v) is 4.41. The van der Waals surface area contributed by atoms with Crippen LogP contribution < -0.4 is 20.9 Å². The maximum absolute atomic E-state index is 12.5. The predicted octanol–water partition coefficient (Wildman–Crippen LogP) is 3.06. The topological polar surface area (TPSA) is 76.7 Å². The van der Waals surface area contributed by atoms with E-state index in [9.17, 15) is 9.59 Å². The first-order valence-corrected chi connectivity index (χ1v) is 11.1. The van der Waals surface area contributed by atoms with Gasteiger partial charge in [0.25, 0.3) is 0 Å². The Morgan fingerprint density at radius 1 is 1.10 bits per heavy atom. The number of halogens is 1. The van der Waals surface area contributed by atoms with Crippen molar-refractivity contribution in [3.63, 3.8) is 0 Å². The zero-order chi connectivity index (χ0) is 21.6. The first-order valence-electron chi connectivity index (χ1n) is 10.7. The van der Waals surface area contributed by atoms with Gasteiger partial charge < -0.3 is 20.9 Å². The van der Waals surface area contributed by atoms with Crippen molar-refractivity contribution < 1.29 is 9.59 Å². The van der Waals surface area contributed by atoms with Crippen LogP contribution in [0.2, 0.25) is 5.02 Å². The third kappa shape index (κ3) is 5.89. The second-order valence-electron chi connectivity index (χ2n) is 8.07. The van der Waals surface area contributed by atoms with Crippen molar-refractivity contribution in [2.24, 2.45) is 0 Å². The van der Waals surface area contributed by atoms with Gasteiger partial charge >= 0.3 is 6.03 Å². The minimum Gasteiger partial charge on any atom is -0.359 e. The van der Waals surface area contributed by atoms with Crippen LogP contribution >= 0.6 is 11.6 Å². The quantitative estimate of drug-likeness (QED) is 0.666. The summed E-state index contributed by atoms with van der Waals surface area (Å²) in [7, 11) is 0. The molecule has 8 heteroatoms. The number of piperazine rings is 1. The summed E-state index contributed by atoms with van der Waals surface area (Å²) in [5, 5.41) is 9.26. The number of hydrogen-bond acceptors (Lipinski definition) is 4. The molecule has 31 heavy (non-hydrogen) atoms. The number of carbonyl (C=O) groups excluding carboxylic acids is 2. The number of benzene rings is 2. The number of carbonyl (C=O) groups is 2. The van der Waals surface area contributed by atoms with E-state index in [0.717, 1.165) is 38.2 Å². The van der Waals surface area contributed by atoms with E-state index in [1.165, 1.54) is 5.56 Å². The summed E-state index contributed by atoms with van der Waals surface area (Å²) < 4.78 is 0. The molecular weight excluding hydrogens is 414 g/mol. The molecule has 3 amide bonds. The van der Waals surface area contributed by atoms with Crippen LogP contribution in [0.4, 0.5) is 16.2 Å². The molecule has 2 aromatic rings. The lowest BCUT2D eigenvalue weighted by Gasteiger charge is -2.32. The molecule has 0 spiro atoms. The Kier molecular flexibility index (Phi) is 6.94. The monoisotopic (exact) mass is 441 g/mol. The molecule has 2 heterocycles. The number of likely N-dealkylation sites (tertiary alicyclic amines) is 1. The highest BCUT2D eigenvalue weighted by molar-refractivity contribution is 6.33. The Bertz CT molecular complexity index is 915. The molecule has 2 aliphatic rings. The van der Waals surface area contributed by atoms with E-state index in [1.807, 2.05) is 23.1 Å².